The second-order valence-corrected chi connectivity index (χ2v) is 4.35. The Morgan fingerprint density at radius 3 is 2.88 bits per heavy atom. The fourth-order valence-electron chi connectivity index (χ4n) is 2.08. The summed E-state index contributed by atoms with van der Waals surface area (Å²) in [5, 5.41) is 2.88. The molecule has 2 rings (SSSR count). The molecule has 1 aromatic heterocycles. The Bertz CT molecular complexity index is 390. The maximum absolute atomic E-state index is 12.1. The van der Waals surface area contributed by atoms with Gasteiger partial charge in [-0.1, -0.05) is 13.3 Å². The predicted molar refractivity (Wildman–Crippen MR) is 65.9 cm³/mol. The third kappa shape index (κ3) is 2.54. The van der Waals surface area contributed by atoms with Gasteiger partial charge < -0.3 is 10.2 Å². The van der Waals surface area contributed by atoms with E-state index in [-0.39, 0.29) is 5.91 Å². The molecule has 0 radical (unpaired) electrons. The number of rotatable bonds is 3. The second-order valence-electron chi connectivity index (χ2n) is 4.35. The number of aromatic nitrogens is 2. The average molecular weight is 234 g/mol. The van der Waals surface area contributed by atoms with E-state index in [0.717, 1.165) is 25.9 Å². The van der Waals surface area contributed by atoms with Crippen molar-refractivity contribution in [2.45, 2.75) is 19.8 Å². The highest BCUT2D eigenvalue weighted by Gasteiger charge is 2.26. The number of carbonyl (C=O) groups is 1. The van der Waals surface area contributed by atoms with Gasteiger partial charge in [0.1, 0.15) is 11.5 Å². The number of anilines is 1. The fraction of sp³-hybridized carbons (Fsp3) is 0.583. The second kappa shape index (κ2) is 5.12. The van der Waals surface area contributed by atoms with E-state index in [2.05, 4.69) is 22.2 Å². The summed E-state index contributed by atoms with van der Waals surface area (Å²) in [6, 6.07) is 0. The van der Waals surface area contributed by atoms with Gasteiger partial charge in [0.25, 0.3) is 5.91 Å². The predicted octanol–water partition coefficient (Wildman–Crippen LogP) is 1.39. The topological polar surface area (TPSA) is 58.1 Å². The van der Waals surface area contributed by atoms with E-state index in [0.29, 0.717) is 17.4 Å². The lowest BCUT2D eigenvalue weighted by molar-refractivity contribution is 0.0780. The van der Waals surface area contributed by atoms with Crippen LogP contribution < -0.4 is 5.32 Å². The summed E-state index contributed by atoms with van der Waals surface area (Å²) in [5.41, 5.74) is 0.431. The van der Waals surface area contributed by atoms with Crippen molar-refractivity contribution in [2.75, 3.05) is 25.5 Å². The van der Waals surface area contributed by atoms with Crippen LogP contribution in [0.15, 0.2) is 12.4 Å². The molecule has 1 N–H and O–H groups in total. The summed E-state index contributed by atoms with van der Waals surface area (Å²) in [5.74, 6) is 1.31. The molecule has 0 saturated carbocycles. The molecule has 0 bridgehead atoms. The van der Waals surface area contributed by atoms with Crippen LogP contribution in [0.1, 0.15) is 30.3 Å². The molecule has 92 valence electrons. The van der Waals surface area contributed by atoms with E-state index in [9.17, 15) is 4.79 Å². The molecule has 1 aliphatic rings. The summed E-state index contributed by atoms with van der Waals surface area (Å²) in [4.78, 5) is 22.2. The SMILES string of the molecule is CCC1CCN(C(=O)c2cnc(NC)cn2)C1. The first-order chi connectivity index (χ1) is 8.24. The number of carbonyl (C=O) groups excluding carboxylic acids is 1. The maximum atomic E-state index is 12.1. The van der Waals surface area contributed by atoms with Gasteiger partial charge in [0.15, 0.2) is 0 Å². The highest BCUT2D eigenvalue weighted by molar-refractivity contribution is 5.92. The van der Waals surface area contributed by atoms with Gasteiger partial charge in [0.05, 0.1) is 12.4 Å². The Labute approximate surface area is 101 Å². The molecule has 0 aliphatic carbocycles. The zero-order chi connectivity index (χ0) is 12.3. The molecule has 1 saturated heterocycles. The van der Waals surface area contributed by atoms with Gasteiger partial charge in [-0.3, -0.25) is 4.79 Å². The van der Waals surface area contributed by atoms with E-state index in [4.69, 9.17) is 0 Å². The minimum absolute atomic E-state index is 0.00361. The van der Waals surface area contributed by atoms with Crippen molar-refractivity contribution < 1.29 is 4.79 Å². The lowest BCUT2D eigenvalue weighted by Gasteiger charge is -2.15. The van der Waals surface area contributed by atoms with E-state index in [1.807, 2.05) is 4.90 Å². The smallest absolute Gasteiger partial charge is 0.274 e. The van der Waals surface area contributed by atoms with Crippen LogP contribution in [0.5, 0.6) is 0 Å². The van der Waals surface area contributed by atoms with Crippen LogP contribution in [0.4, 0.5) is 5.82 Å². The van der Waals surface area contributed by atoms with E-state index in [1.54, 1.807) is 13.2 Å². The molecule has 1 aromatic rings. The average Bonchev–Trinajstić information content (AvgIpc) is 2.87. The van der Waals surface area contributed by atoms with E-state index in [1.165, 1.54) is 6.20 Å². The molecule has 0 aromatic carbocycles. The zero-order valence-corrected chi connectivity index (χ0v) is 10.3. The summed E-state index contributed by atoms with van der Waals surface area (Å²) in [7, 11) is 1.78. The van der Waals surface area contributed by atoms with Gasteiger partial charge in [-0.25, -0.2) is 9.97 Å². The third-order valence-corrected chi connectivity index (χ3v) is 3.28. The third-order valence-electron chi connectivity index (χ3n) is 3.28. The molecule has 0 spiro atoms. The van der Waals surface area contributed by atoms with Crippen LogP contribution in [-0.4, -0.2) is 40.9 Å². The Kier molecular flexibility index (Phi) is 3.56. The number of nitrogens with zero attached hydrogens (tertiary/aromatic N) is 3. The number of hydrogen-bond donors (Lipinski definition) is 1. The highest BCUT2D eigenvalue weighted by atomic mass is 16.2. The van der Waals surface area contributed by atoms with Gasteiger partial charge in [0, 0.05) is 20.1 Å². The molecule has 5 heteroatoms. The minimum Gasteiger partial charge on any atom is -0.372 e. The first-order valence-electron chi connectivity index (χ1n) is 6.03. The largest absolute Gasteiger partial charge is 0.372 e. The van der Waals surface area contributed by atoms with Crippen molar-refractivity contribution in [3.05, 3.63) is 18.1 Å². The normalized spacial score (nSPS) is 19.4. The molecule has 5 nitrogen and oxygen atoms in total. The van der Waals surface area contributed by atoms with Crippen LogP contribution in [0, 0.1) is 5.92 Å². The van der Waals surface area contributed by atoms with E-state index < -0.39 is 0 Å². The lowest BCUT2D eigenvalue weighted by Crippen LogP contribution is -2.29. The molecular formula is C12H18N4O. The van der Waals surface area contributed by atoms with Crippen molar-refractivity contribution in [1.82, 2.24) is 14.9 Å². The van der Waals surface area contributed by atoms with Crippen molar-refractivity contribution >= 4 is 11.7 Å². The first kappa shape index (κ1) is 11.8. The minimum atomic E-state index is -0.00361. The van der Waals surface area contributed by atoms with E-state index >= 15 is 0 Å². The monoisotopic (exact) mass is 234 g/mol. The molecule has 1 fully saturated rings. The maximum Gasteiger partial charge on any atom is 0.274 e. The number of amides is 1. The summed E-state index contributed by atoms with van der Waals surface area (Å²) in [6.45, 7) is 3.86. The van der Waals surface area contributed by atoms with Crippen LogP contribution >= 0.6 is 0 Å². The first-order valence-corrected chi connectivity index (χ1v) is 6.03. The molecule has 17 heavy (non-hydrogen) atoms. The Morgan fingerprint density at radius 1 is 1.53 bits per heavy atom. The zero-order valence-electron chi connectivity index (χ0n) is 10.3. The van der Waals surface area contributed by atoms with Crippen molar-refractivity contribution in [3.8, 4) is 0 Å². The molecule has 1 atom stereocenters. The van der Waals surface area contributed by atoms with Crippen LogP contribution in [0.3, 0.4) is 0 Å². The fourth-order valence-corrected chi connectivity index (χ4v) is 2.08. The summed E-state index contributed by atoms with van der Waals surface area (Å²) >= 11 is 0. The summed E-state index contributed by atoms with van der Waals surface area (Å²) < 4.78 is 0. The molecule has 1 unspecified atom stereocenters. The molecule has 1 amide bonds. The Morgan fingerprint density at radius 2 is 2.35 bits per heavy atom. The number of likely N-dealkylation sites (tertiary alicyclic amines) is 1. The van der Waals surface area contributed by atoms with Crippen LogP contribution in [0.2, 0.25) is 0 Å². The van der Waals surface area contributed by atoms with Gasteiger partial charge in [0.2, 0.25) is 0 Å². The van der Waals surface area contributed by atoms with Gasteiger partial charge >= 0.3 is 0 Å². The van der Waals surface area contributed by atoms with Crippen molar-refractivity contribution in [2.24, 2.45) is 5.92 Å². The number of nitrogens with one attached hydrogen (secondary N) is 1. The standard InChI is InChI=1S/C12H18N4O/c1-3-9-4-5-16(8-9)12(17)10-6-15-11(13-2)7-14-10/h6-7,9H,3-5,8H2,1-2H3,(H,13,15). The van der Waals surface area contributed by atoms with Crippen molar-refractivity contribution in [3.63, 3.8) is 0 Å². The number of hydrogen-bond acceptors (Lipinski definition) is 4. The molecular weight excluding hydrogens is 216 g/mol. The summed E-state index contributed by atoms with van der Waals surface area (Å²) in [6.07, 6.45) is 5.35. The van der Waals surface area contributed by atoms with Gasteiger partial charge in [-0.15, -0.1) is 0 Å². The van der Waals surface area contributed by atoms with Gasteiger partial charge in [-0.05, 0) is 12.3 Å². The molecule has 2 heterocycles. The van der Waals surface area contributed by atoms with Crippen LogP contribution in [-0.2, 0) is 0 Å². The Balaban J connectivity index is 2.04. The molecule has 1 aliphatic heterocycles. The lowest BCUT2D eigenvalue weighted by atomic mass is 10.1. The van der Waals surface area contributed by atoms with Crippen molar-refractivity contribution in [1.29, 1.82) is 0 Å². The Hall–Kier alpha value is -1.65. The quantitative estimate of drug-likeness (QED) is 0.858. The van der Waals surface area contributed by atoms with Gasteiger partial charge in [-0.2, -0.15) is 0 Å². The highest BCUT2D eigenvalue weighted by Crippen LogP contribution is 2.20. The van der Waals surface area contributed by atoms with Crippen LogP contribution in [0.25, 0.3) is 0 Å².